The quantitative estimate of drug-likeness (QED) is 0.437. The van der Waals surface area contributed by atoms with Crippen molar-refractivity contribution in [2.75, 3.05) is 15.1 Å². The van der Waals surface area contributed by atoms with E-state index in [4.69, 9.17) is 0 Å². The van der Waals surface area contributed by atoms with Crippen LogP contribution in [0.25, 0.3) is 0 Å². The van der Waals surface area contributed by atoms with Crippen molar-refractivity contribution < 1.29 is 0 Å². The molecule has 0 spiro atoms. The van der Waals surface area contributed by atoms with Crippen molar-refractivity contribution in [3.63, 3.8) is 0 Å². The van der Waals surface area contributed by atoms with Gasteiger partial charge < -0.3 is 0 Å². The molecule has 0 atom stereocenters. The van der Waals surface area contributed by atoms with Gasteiger partial charge in [0, 0.05) is 0 Å². The van der Waals surface area contributed by atoms with Gasteiger partial charge in [0.25, 0.3) is 0 Å². The van der Waals surface area contributed by atoms with Crippen molar-refractivity contribution in [3.8, 4) is 0 Å². The average molecular weight is 386 g/mol. The molecule has 104 valence electrons. The van der Waals surface area contributed by atoms with Gasteiger partial charge in [-0.3, -0.25) is 0 Å². The Morgan fingerprint density at radius 2 is 1.11 bits per heavy atom. The molecule has 0 saturated carbocycles. The Kier molecular flexibility index (Phi) is 5.34. The molecule has 2 heteroatoms. The first-order chi connectivity index (χ1) is 9.23. The van der Waals surface area contributed by atoms with Crippen LogP contribution in [0.4, 0.5) is 0 Å². The average Bonchev–Trinajstić information content (AvgIpc) is 2.50. The zero-order valence-electron chi connectivity index (χ0n) is 12.0. The normalized spacial score (nSPS) is 13.1. The molecule has 0 unspecified atom stereocenters. The van der Waals surface area contributed by atoms with Gasteiger partial charge in [-0.05, 0) is 0 Å². The van der Waals surface area contributed by atoms with Gasteiger partial charge in [0.1, 0.15) is 0 Å². The summed E-state index contributed by atoms with van der Waals surface area (Å²) in [5.74, 6) is 0. The molecule has 0 aromatic heterocycles. The Morgan fingerprint density at radius 1 is 0.737 bits per heavy atom. The predicted molar refractivity (Wildman–Crippen MR) is 98.0 cm³/mol. The van der Waals surface area contributed by atoms with E-state index in [1.165, 1.54) is 8.86 Å². The van der Waals surface area contributed by atoms with Crippen molar-refractivity contribution in [2.45, 2.75) is 23.6 Å². The first-order valence-electron chi connectivity index (χ1n) is 6.74. The molecule has 0 radical (unpaired) electrons. The standard InChI is InChI=1S/C17H23IS/c1-4-18(5-2)19(3,16-12-8-6-9-13-16)17-14-10-7-11-15-17/h6-15H,4-5H2,1-3H3. The van der Waals surface area contributed by atoms with Crippen LogP contribution in [0.1, 0.15) is 13.8 Å². The fourth-order valence-electron chi connectivity index (χ4n) is 2.37. The molecule has 19 heavy (non-hydrogen) atoms. The molecule has 2 rings (SSSR count). The summed E-state index contributed by atoms with van der Waals surface area (Å²) in [5.41, 5.74) is 0. The topological polar surface area (TPSA) is 0 Å². The molecule has 2 aromatic rings. The summed E-state index contributed by atoms with van der Waals surface area (Å²) >= 11 is -0.989. The third kappa shape index (κ3) is 3.00. The number of halogens is 1. The van der Waals surface area contributed by atoms with Gasteiger partial charge in [-0.1, -0.05) is 0 Å². The number of hydrogen-bond donors (Lipinski definition) is 0. The Hall–Kier alpha value is -0.480. The third-order valence-electron chi connectivity index (χ3n) is 3.40. The van der Waals surface area contributed by atoms with Crippen LogP contribution in [-0.4, -0.2) is 15.1 Å². The summed E-state index contributed by atoms with van der Waals surface area (Å²) in [7, 11) is -0.781. The zero-order chi connectivity index (χ0) is 13.7. The minimum atomic E-state index is -0.989. The maximum absolute atomic E-state index is 2.55. The van der Waals surface area contributed by atoms with Crippen LogP contribution >= 0.6 is 25.6 Å². The molecular weight excluding hydrogens is 363 g/mol. The van der Waals surface area contributed by atoms with E-state index in [1.807, 2.05) is 0 Å². The molecule has 0 heterocycles. The van der Waals surface area contributed by atoms with Crippen molar-refractivity contribution >= 4 is 25.6 Å². The van der Waals surface area contributed by atoms with Crippen molar-refractivity contribution in [1.82, 2.24) is 0 Å². The van der Waals surface area contributed by atoms with Crippen LogP contribution in [-0.2, 0) is 0 Å². The van der Waals surface area contributed by atoms with E-state index in [0.29, 0.717) is 0 Å². The van der Waals surface area contributed by atoms with Gasteiger partial charge in [0.2, 0.25) is 0 Å². The second-order valence-corrected chi connectivity index (χ2v) is 20.6. The molecule has 0 aliphatic rings. The molecule has 0 amide bonds. The summed E-state index contributed by atoms with van der Waals surface area (Å²) in [6.07, 6.45) is 2.55. The van der Waals surface area contributed by atoms with Gasteiger partial charge in [0.05, 0.1) is 0 Å². The molecule has 0 bridgehead atoms. The van der Waals surface area contributed by atoms with Gasteiger partial charge in [-0.25, -0.2) is 0 Å². The summed E-state index contributed by atoms with van der Waals surface area (Å²) in [6, 6.07) is 22.4. The summed E-state index contributed by atoms with van der Waals surface area (Å²) in [4.78, 5) is 3.16. The molecule has 0 fully saturated rings. The van der Waals surface area contributed by atoms with E-state index >= 15 is 0 Å². The second kappa shape index (κ2) is 6.80. The second-order valence-electron chi connectivity index (χ2n) is 4.39. The van der Waals surface area contributed by atoms with Crippen LogP contribution in [0.15, 0.2) is 70.5 Å². The minimum absolute atomic E-state index is 0.781. The van der Waals surface area contributed by atoms with E-state index in [1.54, 1.807) is 9.79 Å². The van der Waals surface area contributed by atoms with Crippen LogP contribution in [0.3, 0.4) is 0 Å². The van der Waals surface area contributed by atoms with Gasteiger partial charge in [-0.15, -0.1) is 0 Å². The number of rotatable bonds is 5. The summed E-state index contributed by atoms with van der Waals surface area (Å²) < 4.78 is 2.80. The maximum atomic E-state index is 2.55. The van der Waals surface area contributed by atoms with E-state index in [-0.39, 0.29) is 0 Å². The van der Waals surface area contributed by atoms with E-state index in [0.717, 1.165) is 0 Å². The van der Waals surface area contributed by atoms with Crippen LogP contribution in [0, 0.1) is 0 Å². The van der Waals surface area contributed by atoms with Crippen LogP contribution < -0.4 is 0 Å². The van der Waals surface area contributed by atoms with Crippen LogP contribution in [0.2, 0.25) is 0 Å². The molecule has 2 aromatic carbocycles. The molecule has 0 aliphatic carbocycles. The number of hydrogen-bond acceptors (Lipinski definition) is 0. The monoisotopic (exact) mass is 386 g/mol. The summed E-state index contributed by atoms with van der Waals surface area (Å²) in [5, 5.41) is 0. The Bertz CT molecular complexity index is 452. The number of benzene rings is 2. The van der Waals surface area contributed by atoms with Crippen molar-refractivity contribution in [1.29, 1.82) is 0 Å². The number of alkyl halides is 2. The fraction of sp³-hybridized carbons (Fsp3) is 0.294. The SMILES string of the molecule is CCI(CC)S(C)(c1ccccc1)c1ccccc1. The van der Waals surface area contributed by atoms with E-state index < -0.39 is 25.6 Å². The van der Waals surface area contributed by atoms with E-state index in [2.05, 4.69) is 80.8 Å². The molecule has 0 nitrogen and oxygen atoms in total. The van der Waals surface area contributed by atoms with Crippen LogP contribution in [0.5, 0.6) is 0 Å². The third-order valence-corrected chi connectivity index (χ3v) is 23.4. The first kappa shape index (κ1) is 14.9. The fourth-order valence-corrected chi connectivity index (χ4v) is 20.0. The van der Waals surface area contributed by atoms with Crippen molar-refractivity contribution in [3.05, 3.63) is 60.7 Å². The van der Waals surface area contributed by atoms with Gasteiger partial charge in [0.15, 0.2) is 0 Å². The molecular formula is C17H23IS. The Morgan fingerprint density at radius 3 is 1.42 bits per heavy atom. The molecule has 0 N–H and O–H groups in total. The predicted octanol–water partition coefficient (Wildman–Crippen LogP) is 6.00. The zero-order valence-corrected chi connectivity index (χ0v) is 14.9. The first-order valence-corrected chi connectivity index (χ1v) is 14.4. The van der Waals surface area contributed by atoms with E-state index in [9.17, 15) is 0 Å². The Labute approximate surface area is 124 Å². The molecule has 0 aliphatic heterocycles. The Balaban J connectivity index is 2.57. The molecule has 0 saturated heterocycles. The van der Waals surface area contributed by atoms with Gasteiger partial charge >= 0.3 is 125 Å². The van der Waals surface area contributed by atoms with Gasteiger partial charge in [-0.2, -0.15) is 0 Å². The summed E-state index contributed by atoms with van der Waals surface area (Å²) in [6.45, 7) is 4.79. The van der Waals surface area contributed by atoms with Crippen molar-refractivity contribution in [2.24, 2.45) is 0 Å².